The van der Waals surface area contributed by atoms with Gasteiger partial charge in [0.05, 0.1) is 35.3 Å². The van der Waals surface area contributed by atoms with Crippen molar-refractivity contribution in [3.63, 3.8) is 0 Å². The quantitative estimate of drug-likeness (QED) is 0.183. The van der Waals surface area contributed by atoms with E-state index in [1.165, 1.54) is 31.4 Å². The van der Waals surface area contributed by atoms with Crippen LogP contribution >= 0.6 is 34.8 Å². The van der Waals surface area contributed by atoms with E-state index in [0.29, 0.717) is 16.8 Å². The number of benzene rings is 3. The number of ether oxygens (including phenoxy) is 1. The Hall–Kier alpha value is -4.18. The second-order valence-corrected chi connectivity index (χ2v) is 13.8. The first kappa shape index (κ1) is 31.4. The van der Waals surface area contributed by atoms with E-state index in [4.69, 9.17) is 39.5 Å². The summed E-state index contributed by atoms with van der Waals surface area (Å²) in [6, 6.07) is 14.4. The van der Waals surface area contributed by atoms with E-state index in [0.717, 1.165) is 27.5 Å². The van der Waals surface area contributed by atoms with Crippen molar-refractivity contribution in [3.8, 4) is 11.5 Å². The maximum atomic E-state index is 14.5. The molecule has 3 aromatic rings. The zero-order valence-electron chi connectivity index (χ0n) is 24.8. The third-order valence-corrected chi connectivity index (χ3v) is 11.6. The first-order chi connectivity index (χ1) is 22.4. The Labute approximate surface area is 283 Å². The monoisotopic (exact) mass is 694 g/mol. The minimum atomic E-state index is -2.16. The number of carbonyl (C=O) groups is 4. The first-order valence-corrected chi connectivity index (χ1v) is 15.9. The number of fused-ring (bicyclic) bond motifs is 4. The number of alkyl halides is 2. The average molecular weight is 696 g/mol. The second kappa shape index (κ2) is 10.9. The van der Waals surface area contributed by atoms with Crippen molar-refractivity contribution in [2.24, 2.45) is 17.8 Å². The summed E-state index contributed by atoms with van der Waals surface area (Å²) in [4.78, 5) is 54.6. The number of carbonyl (C=O) groups excluding carboxylic acids is 4. The minimum absolute atomic E-state index is 0.0159. The van der Waals surface area contributed by atoms with Crippen LogP contribution in [-0.2, 0) is 19.2 Å². The maximum absolute atomic E-state index is 14.5. The van der Waals surface area contributed by atoms with Gasteiger partial charge in [0.1, 0.15) is 5.82 Å². The van der Waals surface area contributed by atoms with E-state index in [1.807, 2.05) is 0 Å². The number of halogens is 4. The van der Waals surface area contributed by atoms with E-state index in [-0.39, 0.29) is 41.0 Å². The molecule has 4 amide bonds. The second-order valence-electron chi connectivity index (χ2n) is 12.1. The van der Waals surface area contributed by atoms with Gasteiger partial charge in [0, 0.05) is 5.92 Å². The topological polar surface area (TPSA) is 104 Å². The third-order valence-electron chi connectivity index (χ3n) is 9.89. The lowest BCUT2D eigenvalue weighted by molar-refractivity contribution is -0.125. The highest BCUT2D eigenvalue weighted by Crippen LogP contribution is 2.66. The number of aromatic hydroxyl groups is 1. The molecule has 6 unspecified atom stereocenters. The molecule has 0 bridgehead atoms. The number of hydrogen-bond acceptors (Lipinski definition) is 6. The molecule has 2 saturated heterocycles. The van der Waals surface area contributed by atoms with Gasteiger partial charge in [-0.05, 0) is 78.4 Å². The van der Waals surface area contributed by atoms with Crippen molar-refractivity contribution in [3.05, 3.63) is 101 Å². The Bertz CT molecular complexity index is 1930. The van der Waals surface area contributed by atoms with E-state index in [1.54, 1.807) is 36.4 Å². The largest absolute Gasteiger partial charge is 0.503 e. The van der Waals surface area contributed by atoms with E-state index in [9.17, 15) is 28.7 Å². The molecule has 47 heavy (non-hydrogen) atoms. The lowest BCUT2D eigenvalue weighted by Gasteiger charge is -2.50. The summed E-state index contributed by atoms with van der Waals surface area (Å²) in [6.07, 6.45) is 3.36. The Morgan fingerprint density at radius 1 is 0.936 bits per heavy atom. The fourth-order valence-corrected chi connectivity index (χ4v) is 8.86. The van der Waals surface area contributed by atoms with E-state index >= 15 is 0 Å². The molecular weight excluding hydrogens is 670 g/mol. The molecule has 0 spiro atoms. The maximum Gasteiger partial charge on any atom is 0.258 e. The summed E-state index contributed by atoms with van der Waals surface area (Å²) in [6.45, 7) is 3.74. The summed E-state index contributed by atoms with van der Waals surface area (Å²) in [5, 5.41) is 10.4. The van der Waals surface area contributed by atoms with Gasteiger partial charge in [-0.2, -0.15) is 0 Å². The van der Waals surface area contributed by atoms with Gasteiger partial charge in [0.15, 0.2) is 21.2 Å². The number of imide groups is 2. The molecule has 8 nitrogen and oxygen atoms in total. The van der Waals surface area contributed by atoms with Gasteiger partial charge in [-0.3, -0.25) is 24.1 Å². The summed E-state index contributed by atoms with van der Waals surface area (Å²) < 4.78 is 19.2. The molecule has 3 fully saturated rings. The van der Waals surface area contributed by atoms with Crippen LogP contribution in [0, 0.1) is 23.6 Å². The van der Waals surface area contributed by atoms with E-state index < -0.39 is 57.0 Å². The first-order valence-electron chi connectivity index (χ1n) is 14.8. The smallest absolute Gasteiger partial charge is 0.258 e. The van der Waals surface area contributed by atoms with Crippen LogP contribution in [0.25, 0.3) is 6.08 Å². The van der Waals surface area contributed by atoms with Crippen LogP contribution in [0.1, 0.15) is 29.9 Å². The van der Waals surface area contributed by atoms with Crippen molar-refractivity contribution in [2.75, 3.05) is 16.9 Å². The third kappa shape index (κ3) is 4.26. The fraction of sp³-hybridized carbons (Fsp3) is 0.257. The van der Waals surface area contributed by atoms with Gasteiger partial charge in [-0.25, -0.2) is 9.29 Å². The number of amides is 4. The Morgan fingerprint density at radius 2 is 1.57 bits per heavy atom. The predicted octanol–water partition coefficient (Wildman–Crippen LogP) is 6.60. The van der Waals surface area contributed by atoms with Gasteiger partial charge in [0.25, 0.3) is 11.8 Å². The standard InChI is InChI=1S/C35H26Cl3FN2O6/c1-3-17-4-8-20(9-5-17)40-30(43)23-13-12-22-24(27(23)31(40)44)16-34(37)32(45)41(21-10-6-19(39)7-11-21)33(46)35(34,38)28(22)18-14-25(36)29(42)26(15-18)47-2/h3-12,14-15,23-24,27-28,42H,1,13,16H2,2H3. The van der Waals surface area contributed by atoms with Gasteiger partial charge < -0.3 is 9.84 Å². The number of anilines is 2. The molecule has 2 aliphatic heterocycles. The number of rotatable bonds is 5. The van der Waals surface area contributed by atoms with Gasteiger partial charge in [-0.1, -0.05) is 48.0 Å². The molecule has 4 aliphatic rings. The zero-order chi connectivity index (χ0) is 33.6. The molecule has 7 rings (SSSR count). The molecule has 2 aliphatic carbocycles. The van der Waals surface area contributed by atoms with Crippen molar-refractivity contribution in [1.29, 1.82) is 0 Å². The summed E-state index contributed by atoms with van der Waals surface area (Å²) in [5.74, 6) is -7.10. The number of allylic oxidation sites excluding steroid dienone is 2. The van der Waals surface area contributed by atoms with Gasteiger partial charge in [0.2, 0.25) is 11.8 Å². The molecule has 1 N–H and O–H groups in total. The number of methoxy groups -OCH3 is 1. The molecule has 12 heteroatoms. The highest BCUT2D eigenvalue weighted by atomic mass is 35.5. The normalized spacial score (nSPS) is 29.8. The molecule has 6 atom stereocenters. The molecular formula is C35H26Cl3FN2O6. The lowest BCUT2D eigenvalue weighted by atomic mass is 9.56. The van der Waals surface area contributed by atoms with Crippen molar-refractivity contribution < 1.29 is 33.4 Å². The summed E-state index contributed by atoms with van der Waals surface area (Å²) >= 11 is 21.2. The van der Waals surface area contributed by atoms with Crippen LogP contribution < -0.4 is 14.5 Å². The van der Waals surface area contributed by atoms with Gasteiger partial charge in [-0.15, -0.1) is 23.2 Å². The van der Waals surface area contributed by atoms with Crippen LogP contribution in [0.2, 0.25) is 5.02 Å². The Balaban J connectivity index is 1.41. The number of hydrogen-bond donors (Lipinski definition) is 1. The molecule has 0 aromatic heterocycles. The highest BCUT2D eigenvalue weighted by molar-refractivity contribution is 6.58. The molecule has 0 radical (unpaired) electrons. The Kier molecular flexibility index (Phi) is 7.31. The zero-order valence-corrected chi connectivity index (χ0v) is 27.0. The molecule has 2 heterocycles. The van der Waals surface area contributed by atoms with Crippen LogP contribution in [0.15, 0.2) is 78.9 Å². The number of nitrogens with zero attached hydrogens (tertiary/aromatic N) is 2. The van der Waals surface area contributed by atoms with Crippen LogP contribution in [0.3, 0.4) is 0 Å². The van der Waals surface area contributed by atoms with Crippen LogP contribution in [0.4, 0.5) is 15.8 Å². The SMILES string of the molecule is C=Cc1ccc(N2C(=O)C3CC=C4C(CC5(Cl)C(=O)N(c6ccc(F)cc6)C(=O)C5(Cl)C4c4cc(Cl)c(O)c(OC)c4)C3C2=O)cc1. The van der Waals surface area contributed by atoms with Crippen molar-refractivity contribution in [2.45, 2.75) is 28.5 Å². The average Bonchev–Trinajstić information content (AvgIpc) is 3.40. The fourth-order valence-electron chi connectivity index (χ4n) is 7.70. The predicted molar refractivity (Wildman–Crippen MR) is 175 cm³/mol. The van der Waals surface area contributed by atoms with Gasteiger partial charge >= 0.3 is 0 Å². The van der Waals surface area contributed by atoms with Crippen LogP contribution in [0.5, 0.6) is 11.5 Å². The molecule has 1 saturated carbocycles. The van der Waals surface area contributed by atoms with Crippen molar-refractivity contribution >= 4 is 75.9 Å². The summed E-state index contributed by atoms with van der Waals surface area (Å²) in [7, 11) is 1.32. The summed E-state index contributed by atoms with van der Waals surface area (Å²) in [5.41, 5.74) is 2.10. The number of phenols is 1. The molecule has 240 valence electrons. The van der Waals surface area contributed by atoms with Crippen LogP contribution in [-0.4, -0.2) is 45.6 Å². The highest BCUT2D eigenvalue weighted by Gasteiger charge is 2.76. The molecule has 3 aromatic carbocycles. The number of phenolic OH excluding ortho intramolecular Hbond substituents is 1. The van der Waals surface area contributed by atoms with Crippen molar-refractivity contribution in [1.82, 2.24) is 0 Å². The minimum Gasteiger partial charge on any atom is -0.503 e. The van der Waals surface area contributed by atoms with E-state index in [2.05, 4.69) is 6.58 Å². The lowest BCUT2D eigenvalue weighted by Crippen LogP contribution is -2.60. The Morgan fingerprint density at radius 3 is 2.21 bits per heavy atom.